The molecule has 7 heteroatoms. The number of nitrogens with one attached hydrogen (secondary N) is 1. The number of fused-ring (bicyclic) bond motifs is 1. The molecule has 0 unspecified atom stereocenters. The van der Waals surface area contributed by atoms with Crippen molar-refractivity contribution in [2.75, 3.05) is 6.54 Å². The Labute approximate surface area is 184 Å². The maximum Gasteiger partial charge on any atom is 0.272 e. The van der Waals surface area contributed by atoms with Gasteiger partial charge in [0.25, 0.3) is 5.91 Å². The van der Waals surface area contributed by atoms with E-state index in [1.165, 1.54) is 6.42 Å². The smallest absolute Gasteiger partial charge is 0.272 e. The summed E-state index contributed by atoms with van der Waals surface area (Å²) in [6.45, 7) is 6.68. The number of carbonyl (C=O) groups is 2. The fourth-order valence-corrected chi connectivity index (χ4v) is 4.73. The minimum atomic E-state index is -0.186. The van der Waals surface area contributed by atoms with E-state index in [0.717, 1.165) is 55.5 Å². The number of aromatic nitrogens is 3. The van der Waals surface area contributed by atoms with Crippen molar-refractivity contribution in [3.63, 3.8) is 0 Å². The number of hydrogen-bond acceptors (Lipinski definition) is 4. The normalized spacial score (nSPS) is 16.9. The first-order chi connectivity index (χ1) is 15.0. The monoisotopic (exact) mass is 423 g/mol. The molecule has 2 amide bonds. The summed E-state index contributed by atoms with van der Waals surface area (Å²) in [5.74, 6) is 0.638. The number of rotatable bonds is 6. The van der Waals surface area contributed by atoms with Crippen molar-refractivity contribution >= 4 is 11.8 Å². The number of amides is 2. The fourth-order valence-electron chi connectivity index (χ4n) is 4.73. The van der Waals surface area contributed by atoms with Gasteiger partial charge < -0.3 is 10.2 Å². The van der Waals surface area contributed by atoms with E-state index in [1.807, 2.05) is 21.7 Å². The van der Waals surface area contributed by atoms with Gasteiger partial charge in [0.1, 0.15) is 0 Å². The highest BCUT2D eigenvalue weighted by Gasteiger charge is 2.33. The van der Waals surface area contributed by atoms with E-state index in [-0.39, 0.29) is 17.7 Å². The Kier molecular flexibility index (Phi) is 6.68. The molecule has 0 bridgehead atoms. The molecule has 2 aromatic rings. The quantitative estimate of drug-likeness (QED) is 0.773. The summed E-state index contributed by atoms with van der Waals surface area (Å²) in [5.41, 5.74) is 3.42. The van der Waals surface area contributed by atoms with Gasteiger partial charge in [-0.15, -0.1) is 0 Å². The molecule has 0 atom stereocenters. The third kappa shape index (κ3) is 4.97. The van der Waals surface area contributed by atoms with Crippen LogP contribution in [0.15, 0.2) is 24.5 Å². The largest absolute Gasteiger partial charge is 0.346 e. The van der Waals surface area contributed by atoms with Gasteiger partial charge >= 0.3 is 0 Å². The van der Waals surface area contributed by atoms with Gasteiger partial charge in [-0.3, -0.25) is 19.3 Å². The van der Waals surface area contributed by atoms with E-state index in [1.54, 1.807) is 12.4 Å². The number of hydrogen-bond donors (Lipinski definition) is 1. The maximum atomic E-state index is 13.1. The fraction of sp³-hybridized carbons (Fsp3) is 0.583. The highest BCUT2D eigenvalue weighted by molar-refractivity contribution is 5.94. The number of carbonyl (C=O) groups excluding carboxylic acids is 2. The molecule has 1 fully saturated rings. The van der Waals surface area contributed by atoms with E-state index < -0.39 is 0 Å². The lowest BCUT2D eigenvalue weighted by Gasteiger charge is -2.32. The zero-order chi connectivity index (χ0) is 21.8. The molecule has 0 spiro atoms. The van der Waals surface area contributed by atoms with Gasteiger partial charge in [0, 0.05) is 62.2 Å². The van der Waals surface area contributed by atoms with Crippen molar-refractivity contribution in [3.05, 3.63) is 47.0 Å². The van der Waals surface area contributed by atoms with Crippen LogP contribution < -0.4 is 5.32 Å². The van der Waals surface area contributed by atoms with Gasteiger partial charge in [0.2, 0.25) is 5.91 Å². The van der Waals surface area contributed by atoms with E-state index in [0.29, 0.717) is 31.2 Å². The highest BCUT2D eigenvalue weighted by atomic mass is 16.2. The van der Waals surface area contributed by atoms with Crippen LogP contribution in [-0.4, -0.2) is 38.0 Å². The second kappa shape index (κ2) is 9.62. The summed E-state index contributed by atoms with van der Waals surface area (Å²) in [5, 5.41) is 7.68. The van der Waals surface area contributed by atoms with Gasteiger partial charge in [-0.25, -0.2) is 0 Å². The highest BCUT2D eigenvalue weighted by Crippen LogP contribution is 2.29. The first kappa shape index (κ1) is 21.5. The maximum absolute atomic E-state index is 13.1. The molecule has 1 N–H and O–H groups in total. The van der Waals surface area contributed by atoms with E-state index in [9.17, 15) is 9.59 Å². The zero-order valence-corrected chi connectivity index (χ0v) is 18.6. The summed E-state index contributed by atoms with van der Waals surface area (Å²) in [7, 11) is 0. The van der Waals surface area contributed by atoms with E-state index >= 15 is 0 Å². The number of pyridine rings is 1. The van der Waals surface area contributed by atoms with Crippen LogP contribution in [-0.2, 0) is 30.8 Å². The van der Waals surface area contributed by atoms with Crippen molar-refractivity contribution in [3.8, 4) is 0 Å². The summed E-state index contributed by atoms with van der Waals surface area (Å²) < 4.78 is 1.99. The van der Waals surface area contributed by atoms with Crippen LogP contribution in [0.3, 0.4) is 0 Å². The van der Waals surface area contributed by atoms with Gasteiger partial charge in [0.15, 0.2) is 5.69 Å². The van der Waals surface area contributed by atoms with Gasteiger partial charge in [-0.05, 0) is 30.4 Å². The predicted octanol–water partition coefficient (Wildman–Crippen LogP) is 3.33. The summed E-state index contributed by atoms with van der Waals surface area (Å²) in [6, 6.07) is 3.79. The molecular formula is C24H33N5O2. The van der Waals surface area contributed by atoms with Gasteiger partial charge in [-0.2, -0.15) is 5.10 Å². The Balaban J connectivity index is 1.54. The molecule has 1 aliphatic heterocycles. The van der Waals surface area contributed by atoms with Crippen molar-refractivity contribution in [2.45, 2.75) is 72.0 Å². The molecule has 31 heavy (non-hydrogen) atoms. The average molecular weight is 424 g/mol. The summed E-state index contributed by atoms with van der Waals surface area (Å²) >= 11 is 0. The van der Waals surface area contributed by atoms with Crippen molar-refractivity contribution in [1.82, 2.24) is 25.0 Å². The average Bonchev–Trinajstić information content (AvgIpc) is 3.15. The van der Waals surface area contributed by atoms with Crippen LogP contribution in [0.5, 0.6) is 0 Å². The standard InChI is InChI=1S/C24H33N5O2/c1-17(2)15-29-21-10-12-28(24(31)19-8-4-3-5-9-19)16-20(21)22(27-29)23(30)26-14-18-7-6-11-25-13-18/h6-7,11,13,17,19H,3-5,8-10,12,14-16H2,1-2H3,(H,26,30). The predicted molar refractivity (Wildman–Crippen MR) is 118 cm³/mol. The molecule has 4 rings (SSSR count). The molecule has 1 saturated carbocycles. The first-order valence-electron chi connectivity index (χ1n) is 11.6. The molecule has 2 aliphatic rings. The van der Waals surface area contributed by atoms with Crippen LogP contribution in [0, 0.1) is 11.8 Å². The SMILES string of the molecule is CC(C)Cn1nc(C(=O)NCc2cccnc2)c2c1CCN(C(=O)C1CCCCC1)C2. The Morgan fingerprint density at radius 2 is 2.03 bits per heavy atom. The molecular weight excluding hydrogens is 390 g/mol. The zero-order valence-electron chi connectivity index (χ0n) is 18.6. The van der Waals surface area contributed by atoms with Gasteiger partial charge in [-0.1, -0.05) is 39.2 Å². The van der Waals surface area contributed by atoms with Crippen molar-refractivity contribution in [2.24, 2.45) is 11.8 Å². The molecule has 0 saturated heterocycles. The lowest BCUT2D eigenvalue weighted by atomic mass is 9.87. The van der Waals surface area contributed by atoms with E-state index in [2.05, 4.69) is 24.1 Å². The molecule has 1 aliphatic carbocycles. The second-order valence-electron chi connectivity index (χ2n) is 9.24. The Morgan fingerprint density at radius 1 is 1.23 bits per heavy atom. The number of nitrogens with zero attached hydrogens (tertiary/aromatic N) is 4. The van der Waals surface area contributed by atoms with Crippen molar-refractivity contribution < 1.29 is 9.59 Å². The van der Waals surface area contributed by atoms with Crippen LogP contribution in [0.4, 0.5) is 0 Å². The minimum absolute atomic E-state index is 0.142. The third-order valence-corrected chi connectivity index (χ3v) is 6.33. The molecule has 2 aromatic heterocycles. The molecule has 3 heterocycles. The molecule has 0 radical (unpaired) electrons. The van der Waals surface area contributed by atoms with E-state index in [4.69, 9.17) is 5.10 Å². The van der Waals surface area contributed by atoms with Crippen LogP contribution in [0.25, 0.3) is 0 Å². The van der Waals surface area contributed by atoms with Gasteiger partial charge in [0.05, 0.1) is 0 Å². The van der Waals surface area contributed by atoms with Crippen LogP contribution >= 0.6 is 0 Å². The summed E-state index contributed by atoms with van der Waals surface area (Å²) in [6.07, 6.45) is 9.72. The molecule has 0 aromatic carbocycles. The lowest BCUT2D eigenvalue weighted by Crippen LogP contribution is -2.41. The minimum Gasteiger partial charge on any atom is -0.346 e. The summed E-state index contributed by atoms with van der Waals surface area (Å²) in [4.78, 5) is 32.2. The second-order valence-corrected chi connectivity index (χ2v) is 9.24. The third-order valence-electron chi connectivity index (χ3n) is 6.33. The lowest BCUT2D eigenvalue weighted by molar-refractivity contribution is -0.137. The Morgan fingerprint density at radius 3 is 2.74 bits per heavy atom. The van der Waals surface area contributed by atoms with Crippen LogP contribution in [0.1, 0.15) is 73.3 Å². The van der Waals surface area contributed by atoms with Crippen molar-refractivity contribution in [1.29, 1.82) is 0 Å². The Bertz CT molecular complexity index is 916. The first-order valence-corrected chi connectivity index (χ1v) is 11.6. The van der Waals surface area contributed by atoms with Crippen LogP contribution in [0.2, 0.25) is 0 Å². The Hall–Kier alpha value is -2.70. The molecule has 7 nitrogen and oxygen atoms in total. The topological polar surface area (TPSA) is 80.1 Å². The molecule has 166 valence electrons.